The Bertz CT molecular complexity index is 406. The van der Waals surface area contributed by atoms with Gasteiger partial charge in [0.1, 0.15) is 4.88 Å². The summed E-state index contributed by atoms with van der Waals surface area (Å²) >= 11 is 1.18. The number of aromatic carboxylic acids is 1. The summed E-state index contributed by atoms with van der Waals surface area (Å²) in [5.74, 6) is -0.952. The number of hydrogen-bond acceptors (Lipinski definition) is 6. The number of rotatable bonds is 7. The van der Waals surface area contributed by atoms with Gasteiger partial charge in [0.05, 0.1) is 12.3 Å². The molecule has 0 aliphatic carbocycles. The highest BCUT2D eigenvalue weighted by molar-refractivity contribution is 7.17. The van der Waals surface area contributed by atoms with Gasteiger partial charge in [-0.2, -0.15) is 0 Å². The van der Waals surface area contributed by atoms with Crippen LogP contribution in [-0.4, -0.2) is 62.3 Å². The number of hydrogen-bond donors (Lipinski definition) is 1. The van der Waals surface area contributed by atoms with Crippen molar-refractivity contribution >= 4 is 22.4 Å². The zero-order valence-electron chi connectivity index (χ0n) is 11.1. The molecule has 1 rings (SSSR count). The van der Waals surface area contributed by atoms with Crippen LogP contribution in [0.4, 0.5) is 5.13 Å². The molecule has 0 unspecified atom stereocenters. The number of anilines is 1. The van der Waals surface area contributed by atoms with Crippen LogP contribution in [0.5, 0.6) is 0 Å². The van der Waals surface area contributed by atoms with Gasteiger partial charge in [0, 0.05) is 27.2 Å². The lowest BCUT2D eigenvalue weighted by Crippen LogP contribution is -2.28. The second kappa shape index (κ2) is 6.67. The van der Waals surface area contributed by atoms with E-state index in [2.05, 4.69) is 9.88 Å². The van der Waals surface area contributed by atoms with Crippen molar-refractivity contribution < 1.29 is 14.6 Å². The zero-order chi connectivity index (χ0) is 13.7. The lowest BCUT2D eigenvalue weighted by molar-refractivity contribution is 0.0697. The maximum atomic E-state index is 11.1. The van der Waals surface area contributed by atoms with Gasteiger partial charge >= 0.3 is 5.97 Å². The van der Waals surface area contributed by atoms with Gasteiger partial charge in [0.25, 0.3) is 0 Å². The summed E-state index contributed by atoms with van der Waals surface area (Å²) in [6.07, 6.45) is 0. The zero-order valence-corrected chi connectivity index (χ0v) is 12.0. The van der Waals surface area contributed by atoms with Crippen LogP contribution in [0, 0.1) is 0 Å². The molecule has 0 aliphatic heterocycles. The molecule has 0 saturated carbocycles. The first-order chi connectivity index (χ1) is 8.45. The predicted octanol–water partition coefficient (Wildman–Crippen LogP) is 0.986. The van der Waals surface area contributed by atoms with Crippen LogP contribution in [0.25, 0.3) is 0 Å². The van der Waals surface area contributed by atoms with Crippen molar-refractivity contribution in [1.82, 2.24) is 9.88 Å². The summed E-state index contributed by atoms with van der Waals surface area (Å²) < 4.78 is 4.96. The number of carboxylic acids is 1. The predicted molar refractivity (Wildman–Crippen MR) is 71.6 cm³/mol. The maximum absolute atomic E-state index is 11.1. The van der Waals surface area contributed by atoms with Crippen LogP contribution in [0.1, 0.15) is 15.4 Å². The van der Waals surface area contributed by atoms with Gasteiger partial charge in [0.2, 0.25) is 0 Å². The standard InChI is InChI=1S/C11H19N3O3S/c1-13(2)5-6-14(3)11-12-8(7-17-4)9(18-11)10(15)16/h5-7H2,1-4H3,(H,15,16). The number of aromatic nitrogens is 1. The van der Waals surface area contributed by atoms with Crippen molar-refractivity contribution in [2.45, 2.75) is 6.61 Å². The van der Waals surface area contributed by atoms with E-state index in [4.69, 9.17) is 9.84 Å². The lowest BCUT2D eigenvalue weighted by Gasteiger charge is -2.18. The van der Waals surface area contributed by atoms with Crippen LogP contribution < -0.4 is 4.90 Å². The lowest BCUT2D eigenvalue weighted by atomic mass is 10.4. The molecule has 0 aliphatic rings. The van der Waals surface area contributed by atoms with Gasteiger partial charge in [-0.05, 0) is 14.1 Å². The summed E-state index contributed by atoms with van der Waals surface area (Å²) in [5.41, 5.74) is 0.488. The number of ether oxygens (including phenoxy) is 1. The molecule has 6 nitrogen and oxygen atoms in total. The minimum Gasteiger partial charge on any atom is -0.477 e. The van der Waals surface area contributed by atoms with Crippen molar-refractivity contribution in [3.05, 3.63) is 10.6 Å². The van der Waals surface area contributed by atoms with Crippen LogP contribution >= 0.6 is 11.3 Å². The SMILES string of the molecule is COCc1nc(N(C)CCN(C)C)sc1C(=O)O. The first kappa shape index (κ1) is 14.9. The summed E-state index contributed by atoms with van der Waals surface area (Å²) in [5, 5.41) is 9.80. The highest BCUT2D eigenvalue weighted by Crippen LogP contribution is 2.26. The number of carboxylic acid groups (broad SMARTS) is 1. The Morgan fingerprint density at radius 3 is 2.56 bits per heavy atom. The molecule has 7 heteroatoms. The Morgan fingerprint density at radius 2 is 2.06 bits per heavy atom. The van der Waals surface area contributed by atoms with E-state index < -0.39 is 5.97 Å². The fourth-order valence-corrected chi connectivity index (χ4v) is 2.25. The largest absolute Gasteiger partial charge is 0.477 e. The Balaban J connectivity index is 2.82. The average molecular weight is 273 g/mol. The van der Waals surface area contributed by atoms with Crippen molar-refractivity contribution in [1.29, 1.82) is 0 Å². The van der Waals surface area contributed by atoms with Gasteiger partial charge in [0.15, 0.2) is 5.13 Å². The third-order valence-electron chi connectivity index (χ3n) is 2.37. The molecular formula is C11H19N3O3S. The number of carbonyl (C=O) groups is 1. The van der Waals surface area contributed by atoms with Gasteiger partial charge < -0.3 is 19.6 Å². The Morgan fingerprint density at radius 1 is 1.39 bits per heavy atom. The Hall–Kier alpha value is -1.18. The van der Waals surface area contributed by atoms with Crippen molar-refractivity contribution in [2.24, 2.45) is 0 Å². The summed E-state index contributed by atoms with van der Waals surface area (Å²) in [6, 6.07) is 0. The maximum Gasteiger partial charge on any atom is 0.347 e. The van der Waals surface area contributed by atoms with E-state index >= 15 is 0 Å². The number of nitrogens with zero attached hydrogens (tertiary/aromatic N) is 3. The minimum absolute atomic E-state index is 0.222. The smallest absolute Gasteiger partial charge is 0.347 e. The molecule has 0 radical (unpaired) electrons. The summed E-state index contributed by atoms with van der Waals surface area (Å²) in [6.45, 7) is 1.91. The summed E-state index contributed by atoms with van der Waals surface area (Å²) in [7, 11) is 7.42. The molecule has 18 heavy (non-hydrogen) atoms. The molecule has 102 valence electrons. The normalized spacial score (nSPS) is 10.9. The number of likely N-dealkylation sites (N-methyl/N-ethyl adjacent to an activating group) is 2. The molecule has 0 spiro atoms. The average Bonchev–Trinajstić information content (AvgIpc) is 2.70. The third kappa shape index (κ3) is 3.94. The number of methoxy groups -OCH3 is 1. The third-order valence-corrected chi connectivity index (χ3v) is 3.57. The second-order valence-corrected chi connectivity index (χ2v) is 5.21. The molecule has 1 N–H and O–H groups in total. The fourth-order valence-electron chi connectivity index (χ4n) is 1.35. The van der Waals surface area contributed by atoms with Crippen molar-refractivity contribution in [3.8, 4) is 0 Å². The Kier molecular flexibility index (Phi) is 5.52. The fraction of sp³-hybridized carbons (Fsp3) is 0.636. The van der Waals surface area contributed by atoms with E-state index in [1.165, 1.54) is 18.4 Å². The second-order valence-electron chi connectivity index (χ2n) is 4.24. The molecule has 0 amide bonds. The summed E-state index contributed by atoms with van der Waals surface area (Å²) in [4.78, 5) is 19.7. The molecule has 1 aromatic rings. The Labute approximate surface area is 111 Å². The van der Waals surface area contributed by atoms with Crippen LogP contribution in [0.2, 0.25) is 0 Å². The minimum atomic E-state index is -0.952. The molecule has 1 heterocycles. The van der Waals surface area contributed by atoms with Crippen molar-refractivity contribution in [2.75, 3.05) is 46.2 Å². The van der Waals surface area contributed by atoms with Gasteiger partial charge in [-0.15, -0.1) is 0 Å². The molecule has 1 aromatic heterocycles. The highest BCUT2D eigenvalue weighted by atomic mass is 32.1. The monoisotopic (exact) mass is 273 g/mol. The van der Waals surface area contributed by atoms with Crippen LogP contribution in [0.3, 0.4) is 0 Å². The van der Waals surface area contributed by atoms with E-state index in [-0.39, 0.29) is 11.5 Å². The first-order valence-corrected chi connectivity index (χ1v) is 6.35. The number of thiazole rings is 1. The van der Waals surface area contributed by atoms with Crippen LogP contribution in [-0.2, 0) is 11.3 Å². The van der Waals surface area contributed by atoms with E-state index in [9.17, 15) is 4.79 Å². The highest BCUT2D eigenvalue weighted by Gasteiger charge is 2.19. The molecule has 0 bridgehead atoms. The van der Waals surface area contributed by atoms with Gasteiger partial charge in [-0.1, -0.05) is 11.3 Å². The van der Waals surface area contributed by atoms with E-state index in [0.29, 0.717) is 10.8 Å². The van der Waals surface area contributed by atoms with Crippen molar-refractivity contribution in [3.63, 3.8) is 0 Å². The topological polar surface area (TPSA) is 65.9 Å². The molecule has 0 fully saturated rings. The van der Waals surface area contributed by atoms with Gasteiger partial charge in [-0.3, -0.25) is 0 Å². The van der Waals surface area contributed by atoms with E-state index in [1.807, 2.05) is 26.0 Å². The quantitative estimate of drug-likeness (QED) is 0.799. The molecule has 0 aromatic carbocycles. The molecule has 0 saturated heterocycles. The first-order valence-electron chi connectivity index (χ1n) is 5.53. The van der Waals surface area contributed by atoms with Crippen LogP contribution in [0.15, 0.2) is 0 Å². The molecule has 0 atom stereocenters. The van der Waals surface area contributed by atoms with E-state index in [0.717, 1.165) is 13.1 Å². The van der Waals surface area contributed by atoms with Gasteiger partial charge in [-0.25, -0.2) is 9.78 Å². The molecular weight excluding hydrogens is 254 g/mol. The van der Waals surface area contributed by atoms with E-state index in [1.54, 1.807) is 0 Å².